The van der Waals surface area contributed by atoms with Crippen LogP contribution in [0.25, 0.3) is 0 Å². The van der Waals surface area contributed by atoms with Gasteiger partial charge in [-0.2, -0.15) is 0 Å². The molecule has 0 radical (unpaired) electrons. The zero-order chi connectivity index (χ0) is 20.3. The van der Waals surface area contributed by atoms with E-state index in [-0.39, 0.29) is 11.1 Å². The first-order valence-corrected chi connectivity index (χ1v) is 12.8. The van der Waals surface area contributed by atoms with Gasteiger partial charge in [-0.05, 0) is 36.5 Å². The van der Waals surface area contributed by atoms with Crippen LogP contribution in [-0.4, -0.2) is 32.4 Å². The average molecular weight is 384 g/mol. The molecule has 0 amide bonds. The normalized spacial score (nSPS) is 13.7. The maximum absolute atomic E-state index is 6.61. The largest absolute Gasteiger partial charge is 0.411 e. The molecule has 0 saturated heterocycles. The monoisotopic (exact) mass is 383 g/mol. The Morgan fingerprint density at radius 3 is 2.48 bits per heavy atom. The molecule has 0 N–H and O–H groups in total. The molecule has 0 saturated carbocycles. The van der Waals surface area contributed by atoms with Crippen molar-refractivity contribution in [1.29, 1.82) is 0 Å². The van der Waals surface area contributed by atoms with Crippen molar-refractivity contribution in [2.75, 3.05) is 13.1 Å². The zero-order valence-electron chi connectivity index (χ0n) is 17.9. The fraction of sp³-hybridized carbons (Fsp3) is 0.500. The molecule has 148 valence electrons. The van der Waals surface area contributed by atoms with Crippen LogP contribution in [0.4, 0.5) is 0 Å². The van der Waals surface area contributed by atoms with E-state index in [0.29, 0.717) is 6.54 Å². The fourth-order valence-corrected chi connectivity index (χ4v) is 3.86. The van der Waals surface area contributed by atoms with Crippen LogP contribution in [0, 0.1) is 12.3 Å². The van der Waals surface area contributed by atoms with Gasteiger partial charge in [0.05, 0.1) is 12.6 Å². The summed E-state index contributed by atoms with van der Waals surface area (Å²) in [4.78, 5) is 2.27. The van der Waals surface area contributed by atoms with Crippen molar-refractivity contribution in [3.63, 3.8) is 0 Å². The molecule has 1 aromatic carbocycles. The van der Waals surface area contributed by atoms with Gasteiger partial charge < -0.3 is 4.43 Å². The van der Waals surface area contributed by atoms with Crippen molar-refractivity contribution in [2.24, 2.45) is 0 Å². The van der Waals surface area contributed by atoms with Crippen molar-refractivity contribution < 1.29 is 4.43 Å². The molecule has 0 fully saturated rings. The van der Waals surface area contributed by atoms with Crippen LogP contribution >= 0.6 is 0 Å². The lowest BCUT2D eigenvalue weighted by molar-refractivity contribution is 0.215. The number of hydrogen-bond donors (Lipinski definition) is 0. The number of hydrogen-bond acceptors (Lipinski definition) is 2. The van der Waals surface area contributed by atoms with Gasteiger partial charge in [0.2, 0.25) is 0 Å². The van der Waals surface area contributed by atoms with E-state index in [1.54, 1.807) is 0 Å². The third-order valence-corrected chi connectivity index (χ3v) is 9.69. The van der Waals surface area contributed by atoms with E-state index >= 15 is 0 Å². The van der Waals surface area contributed by atoms with E-state index in [1.807, 2.05) is 12.1 Å². The molecule has 3 heteroatoms. The van der Waals surface area contributed by atoms with E-state index in [1.165, 1.54) is 5.56 Å². The first-order chi connectivity index (χ1) is 12.7. The van der Waals surface area contributed by atoms with Gasteiger partial charge in [-0.25, -0.2) is 0 Å². The minimum atomic E-state index is -1.80. The van der Waals surface area contributed by atoms with Crippen molar-refractivity contribution in [1.82, 2.24) is 4.90 Å². The van der Waals surface area contributed by atoms with Gasteiger partial charge in [-0.3, -0.25) is 4.90 Å². The van der Waals surface area contributed by atoms with Crippen molar-refractivity contribution in [2.45, 2.75) is 64.4 Å². The molecule has 1 unspecified atom stereocenters. The Labute approximate surface area is 168 Å². The molecular formula is C24H37NOSi. The first-order valence-electron chi connectivity index (χ1n) is 9.84. The highest BCUT2D eigenvalue weighted by Gasteiger charge is 2.38. The minimum absolute atomic E-state index is 0.133. The van der Waals surface area contributed by atoms with E-state index < -0.39 is 8.32 Å². The zero-order valence-corrected chi connectivity index (χ0v) is 18.9. The Morgan fingerprint density at radius 2 is 1.93 bits per heavy atom. The smallest absolute Gasteiger partial charge is 0.192 e. The molecule has 1 aromatic rings. The fourth-order valence-electron chi connectivity index (χ4n) is 2.55. The van der Waals surface area contributed by atoms with Gasteiger partial charge in [-0.1, -0.05) is 75.3 Å². The average Bonchev–Trinajstić information content (AvgIpc) is 2.59. The maximum Gasteiger partial charge on any atom is 0.192 e. The molecule has 2 nitrogen and oxygen atoms in total. The van der Waals surface area contributed by atoms with Crippen LogP contribution < -0.4 is 0 Å². The van der Waals surface area contributed by atoms with Crippen LogP contribution in [0.2, 0.25) is 18.1 Å². The summed E-state index contributed by atoms with van der Waals surface area (Å²) >= 11 is 0. The third-order valence-electron chi connectivity index (χ3n) is 5.19. The van der Waals surface area contributed by atoms with E-state index in [4.69, 9.17) is 10.8 Å². The second kappa shape index (κ2) is 11.3. The molecule has 1 atom stereocenters. The number of benzene rings is 1. The summed E-state index contributed by atoms with van der Waals surface area (Å²) in [6.07, 6.45) is 14.0. The summed E-state index contributed by atoms with van der Waals surface area (Å²) in [7, 11) is -1.80. The molecule has 0 aliphatic heterocycles. The van der Waals surface area contributed by atoms with E-state index in [2.05, 4.69) is 87.7 Å². The topological polar surface area (TPSA) is 12.5 Å². The van der Waals surface area contributed by atoms with E-state index in [9.17, 15) is 0 Å². The van der Waals surface area contributed by atoms with Crippen LogP contribution in [0.15, 0.2) is 55.1 Å². The minimum Gasteiger partial charge on any atom is -0.411 e. The summed E-state index contributed by atoms with van der Waals surface area (Å²) in [6.45, 7) is 17.6. The Hall–Kier alpha value is -1.60. The highest BCUT2D eigenvalue weighted by Crippen LogP contribution is 2.37. The van der Waals surface area contributed by atoms with Gasteiger partial charge in [0, 0.05) is 13.1 Å². The molecule has 0 aliphatic rings. The highest BCUT2D eigenvalue weighted by atomic mass is 28.4. The van der Waals surface area contributed by atoms with Gasteiger partial charge in [0.15, 0.2) is 8.32 Å². The first kappa shape index (κ1) is 23.4. The van der Waals surface area contributed by atoms with Crippen LogP contribution in [0.3, 0.4) is 0 Å². The Morgan fingerprint density at radius 1 is 1.26 bits per heavy atom. The van der Waals surface area contributed by atoms with Crippen molar-refractivity contribution >= 4 is 8.32 Å². The molecule has 0 aliphatic carbocycles. The van der Waals surface area contributed by atoms with Gasteiger partial charge >= 0.3 is 0 Å². The molecule has 0 spiro atoms. The van der Waals surface area contributed by atoms with Crippen LogP contribution in [0.1, 0.15) is 39.2 Å². The van der Waals surface area contributed by atoms with E-state index in [0.717, 1.165) is 25.9 Å². The standard InChI is InChI=1S/C24H37NOSi/c1-8-10-17-23(26-27(6,7)24(3,4)5)18-14-20-25(19-9-2)21-22-15-12-11-13-16-22/h2,8,11-16,18,23H,1,10,17,19-21H2,3-7H3/b18-14+. The maximum atomic E-state index is 6.61. The molecule has 0 bridgehead atoms. The summed E-state index contributed by atoms with van der Waals surface area (Å²) in [5, 5.41) is 0.204. The summed E-state index contributed by atoms with van der Waals surface area (Å²) in [6, 6.07) is 10.5. The molecule has 27 heavy (non-hydrogen) atoms. The predicted molar refractivity (Wildman–Crippen MR) is 121 cm³/mol. The van der Waals surface area contributed by atoms with Crippen molar-refractivity contribution in [3.8, 4) is 12.3 Å². The SMILES string of the molecule is C#CCN(C/C=C/C(CCC=C)O[Si](C)(C)C(C)(C)C)Cc1ccccc1. The van der Waals surface area contributed by atoms with Gasteiger partial charge in [0.25, 0.3) is 0 Å². The second-order valence-electron chi connectivity index (χ2n) is 8.57. The lowest BCUT2D eigenvalue weighted by Gasteiger charge is -2.38. The van der Waals surface area contributed by atoms with Crippen LogP contribution in [-0.2, 0) is 11.0 Å². The third kappa shape index (κ3) is 8.75. The number of allylic oxidation sites excluding steroid dienone is 1. The Balaban J connectivity index is 2.75. The molecule has 0 heterocycles. The summed E-state index contributed by atoms with van der Waals surface area (Å²) in [5.74, 6) is 2.77. The predicted octanol–water partition coefficient (Wildman–Crippen LogP) is 6.03. The Bertz CT molecular complexity index is 622. The lowest BCUT2D eigenvalue weighted by Crippen LogP contribution is -2.43. The van der Waals surface area contributed by atoms with Gasteiger partial charge in [-0.15, -0.1) is 13.0 Å². The number of terminal acetylenes is 1. The van der Waals surface area contributed by atoms with Gasteiger partial charge in [0.1, 0.15) is 0 Å². The number of rotatable bonds is 11. The molecule has 0 aromatic heterocycles. The quantitative estimate of drug-likeness (QED) is 0.263. The highest BCUT2D eigenvalue weighted by molar-refractivity contribution is 6.74. The van der Waals surface area contributed by atoms with Crippen molar-refractivity contribution in [3.05, 3.63) is 60.7 Å². The molecular weight excluding hydrogens is 346 g/mol. The summed E-state index contributed by atoms with van der Waals surface area (Å²) < 4.78 is 6.61. The summed E-state index contributed by atoms with van der Waals surface area (Å²) in [5.41, 5.74) is 1.28. The Kier molecular flexibility index (Phi) is 9.80. The second-order valence-corrected chi connectivity index (χ2v) is 13.3. The lowest BCUT2D eigenvalue weighted by atomic mass is 10.2. The van der Waals surface area contributed by atoms with Crippen LogP contribution in [0.5, 0.6) is 0 Å². The molecule has 1 rings (SSSR count). The number of nitrogens with zero attached hydrogens (tertiary/aromatic N) is 1.